The van der Waals surface area contributed by atoms with Crippen molar-refractivity contribution in [3.63, 3.8) is 0 Å². The molecule has 0 radical (unpaired) electrons. The zero-order chi connectivity index (χ0) is 15.4. The summed E-state index contributed by atoms with van der Waals surface area (Å²) in [5.41, 5.74) is 0.940. The zero-order valence-corrected chi connectivity index (χ0v) is 14.0. The van der Waals surface area contributed by atoms with Gasteiger partial charge in [0.2, 0.25) is 0 Å². The maximum absolute atomic E-state index is 11.5. The van der Waals surface area contributed by atoms with Crippen LogP contribution in [-0.4, -0.2) is 43.6 Å². The Hall–Kier alpha value is -0.860. The number of nitrogens with zero attached hydrogens (tertiary/aromatic N) is 1. The summed E-state index contributed by atoms with van der Waals surface area (Å²) in [5.74, 6) is 0. The minimum absolute atomic E-state index is 0.0680. The molecule has 1 aromatic rings. The lowest BCUT2D eigenvalue weighted by atomic mass is 10.0. The van der Waals surface area contributed by atoms with Crippen molar-refractivity contribution in [1.82, 2.24) is 4.90 Å². The summed E-state index contributed by atoms with van der Waals surface area (Å²) < 4.78 is 5.64. The molecule has 0 spiro atoms. The third-order valence-corrected chi connectivity index (χ3v) is 5.06. The van der Waals surface area contributed by atoms with Crippen LogP contribution in [0.2, 0.25) is 0 Å². The number of hydrogen-bond donors (Lipinski definition) is 2. The van der Waals surface area contributed by atoms with Gasteiger partial charge < -0.3 is 14.9 Å². The SMILES string of the molecule is C[C@H]([C@@H]1CCC(I)C(O)O1)N(Cc1ccccc1)C(=O)O. The van der Waals surface area contributed by atoms with Crippen molar-refractivity contribution < 1.29 is 19.7 Å². The van der Waals surface area contributed by atoms with Gasteiger partial charge in [-0.1, -0.05) is 52.9 Å². The number of carbonyl (C=O) groups is 1. The van der Waals surface area contributed by atoms with Gasteiger partial charge in [-0.05, 0) is 25.3 Å². The molecule has 2 unspecified atom stereocenters. The van der Waals surface area contributed by atoms with E-state index in [1.807, 2.05) is 37.3 Å². The Labute approximate surface area is 138 Å². The quantitative estimate of drug-likeness (QED) is 0.597. The van der Waals surface area contributed by atoms with Gasteiger partial charge in [-0.25, -0.2) is 4.79 Å². The molecule has 0 bridgehead atoms. The topological polar surface area (TPSA) is 70.0 Å². The summed E-state index contributed by atoms with van der Waals surface area (Å²) in [4.78, 5) is 12.9. The lowest BCUT2D eigenvalue weighted by Gasteiger charge is -2.38. The van der Waals surface area contributed by atoms with Crippen LogP contribution >= 0.6 is 22.6 Å². The lowest BCUT2D eigenvalue weighted by Crippen LogP contribution is -2.49. The third kappa shape index (κ3) is 4.31. The smallest absolute Gasteiger partial charge is 0.407 e. The van der Waals surface area contributed by atoms with E-state index in [4.69, 9.17) is 4.74 Å². The van der Waals surface area contributed by atoms with Crippen molar-refractivity contribution in [2.45, 2.75) is 48.7 Å². The summed E-state index contributed by atoms with van der Waals surface area (Å²) in [6.07, 6.45) is -0.481. The summed E-state index contributed by atoms with van der Waals surface area (Å²) in [6, 6.07) is 9.18. The number of ether oxygens (including phenoxy) is 1. The van der Waals surface area contributed by atoms with E-state index in [0.717, 1.165) is 18.4 Å². The monoisotopic (exact) mass is 405 g/mol. The number of amides is 1. The Bertz CT molecular complexity index is 470. The van der Waals surface area contributed by atoms with E-state index in [2.05, 4.69) is 22.6 Å². The minimum atomic E-state index is -0.971. The highest BCUT2D eigenvalue weighted by Crippen LogP contribution is 2.28. The predicted octanol–water partition coefficient (Wildman–Crippen LogP) is 2.86. The number of aliphatic hydroxyl groups excluding tert-OH is 1. The summed E-state index contributed by atoms with van der Waals surface area (Å²) in [6.45, 7) is 2.16. The van der Waals surface area contributed by atoms with Gasteiger partial charge in [0.1, 0.15) is 0 Å². The Kier molecular flexibility index (Phi) is 5.83. The molecule has 1 aliphatic rings. The highest BCUT2D eigenvalue weighted by molar-refractivity contribution is 14.1. The largest absolute Gasteiger partial charge is 0.465 e. The standard InChI is InChI=1S/C15H20INO4/c1-10(13-8-7-12(16)14(18)21-13)17(15(19)20)9-11-5-3-2-4-6-11/h2-6,10,12-14,18H,7-9H2,1H3,(H,19,20)/t10-,12?,13+,14?/m1/s1. The lowest BCUT2D eigenvalue weighted by molar-refractivity contribution is -0.170. The van der Waals surface area contributed by atoms with Crippen LogP contribution in [0.15, 0.2) is 30.3 Å². The molecule has 1 aliphatic heterocycles. The number of hydrogen-bond acceptors (Lipinski definition) is 3. The molecule has 0 aromatic heterocycles. The van der Waals surface area contributed by atoms with Gasteiger partial charge in [-0.2, -0.15) is 0 Å². The van der Waals surface area contributed by atoms with Crippen LogP contribution in [-0.2, 0) is 11.3 Å². The van der Waals surface area contributed by atoms with Crippen molar-refractivity contribution in [3.05, 3.63) is 35.9 Å². The summed E-state index contributed by atoms with van der Waals surface area (Å²) in [7, 11) is 0. The first-order chi connectivity index (χ1) is 9.99. The molecule has 21 heavy (non-hydrogen) atoms. The number of aliphatic hydroxyl groups is 1. The van der Waals surface area contributed by atoms with Gasteiger partial charge >= 0.3 is 6.09 Å². The molecular weight excluding hydrogens is 385 g/mol. The van der Waals surface area contributed by atoms with Crippen LogP contribution < -0.4 is 0 Å². The van der Waals surface area contributed by atoms with Crippen molar-refractivity contribution >= 4 is 28.7 Å². The van der Waals surface area contributed by atoms with Gasteiger partial charge in [0, 0.05) is 6.54 Å². The summed E-state index contributed by atoms with van der Waals surface area (Å²) in [5, 5.41) is 19.3. The molecule has 1 amide bonds. The molecule has 1 saturated heterocycles. The normalized spacial score (nSPS) is 27.1. The minimum Gasteiger partial charge on any atom is -0.465 e. The van der Waals surface area contributed by atoms with E-state index in [1.165, 1.54) is 4.90 Å². The molecule has 6 heteroatoms. The van der Waals surface area contributed by atoms with Crippen LogP contribution in [0.5, 0.6) is 0 Å². The van der Waals surface area contributed by atoms with Gasteiger partial charge in [-0.3, -0.25) is 4.90 Å². The Morgan fingerprint density at radius 3 is 2.67 bits per heavy atom. The van der Waals surface area contributed by atoms with Crippen LogP contribution in [0.1, 0.15) is 25.3 Å². The second kappa shape index (κ2) is 7.42. The molecule has 1 fully saturated rings. The van der Waals surface area contributed by atoms with Crippen LogP contribution in [0.4, 0.5) is 4.79 Å². The average molecular weight is 405 g/mol. The second-order valence-corrected chi connectivity index (χ2v) is 6.90. The predicted molar refractivity (Wildman–Crippen MR) is 87.4 cm³/mol. The zero-order valence-electron chi connectivity index (χ0n) is 11.9. The maximum atomic E-state index is 11.5. The second-order valence-electron chi connectivity index (χ2n) is 5.30. The first-order valence-corrected chi connectivity index (χ1v) is 8.24. The number of alkyl halides is 1. The van der Waals surface area contributed by atoms with Gasteiger partial charge in [-0.15, -0.1) is 0 Å². The third-order valence-electron chi connectivity index (χ3n) is 3.82. The molecule has 0 aliphatic carbocycles. The van der Waals surface area contributed by atoms with E-state index in [0.29, 0.717) is 6.54 Å². The molecule has 0 saturated carbocycles. The molecule has 5 nitrogen and oxygen atoms in total. The Morgan fingerprint density at radius 2 is 2.10 bits per heavy atom. The Morgan fingerprint density at radius 1 is 1.43 bits per heavy atom. The van der Waals surface area contributed by atoms with Gasteiger partial charge in [0.15, 0.2) is 6.29 Å². The van der Waals surface area contributed by atoms with E-state index >= 15 is 0 Å². The highest BCUT2D eigenvalue weighted by atomic mass is 127. The van der Waals surface area contributed by atoms with Crippen molar-refractivity contribution in [2.24, 2.45) is 0 Å². The fourth-order valence-electron chi connectivity index (χ4n) is 2.52. The molecule has 1 heterocycles. The first-order valence-electron chi connectivity index (χ1n) is 7.00. The van der Waals surface area contributed by atoms with Crippen molar-refractivity contribution in [3.8, 4) is 0 Å². The van der Waals surface area contributed by atoms with Crippen LogP contribution in [0.25, 0.3) is 0 Å². The number of carboxylic acid groups (broad SMARTS) is 1. The van der Waals surface area contributed by atoms with Crippen LogP contribution in [0, 0.1) is 0 Å². The molecule has 2 N–H and O–H groups in total. The molecule has 2 rings (SSSR count). The van der Waals surface area contributed by atoms with Crippen molar-refractivity contribution in [2.75, 3.05) is 0 Å². The number of benzene rings is 1. The van der Waals surface area contributed by atoms with E-state index in [1.54, 1.807) is 0 Å². The van der Waals surface area contributed by atoms with E-state index in [9.17, 15) is 15.0 Å². The van der Waals surface area contributed by atoms with Crippen molar-refractivity contribution in [1.29, 1.82) is 0 Å². The molecule has 116 valence electrons. The molecule has 4 atom stereocenters. The van der Waals surface area contributed by atoms with Gasteiger partial charge in [0.05, 0.1) is 16.1 Å². The fourth-order valence-corrected chi connectivity index (χ4v) is 3.05. The molecular formula is C15H20INO4. The maximum Gasteiger partial charge on any atom is 0.407 e. The average Bonchev–Trinajstić information content (AvgIpc) is 2.47. The molecule has 1 aromatic carbocycles. The number of rotatable bonds is 4. The summed E-state index contributed by atoms with van der Waals surface area (Å²) >= 11 is 2.16. The van der Waals surface area contributed by atoms with E-state index in [-0.39, 0.29) is 16.1 Å². The van der Waals surface area contributed by atoms with Crippen LogP contribution in [0.3, 0.4) is 0 Å². The van der Waals surface area contributed by atoms with E-state index < -0.39 is 12.4 Å². The number of halogens is 1. The van der Waals surface area contributed by atoms with Gasteiger partial charge in [0.25, 0.3) is 0 Å². The fraction of sp³-hybridized carbons (Fsp3) is 0.533. The highest BCUT2D eigenvalue weighted by Gasteiger charge is 2.35. The first kappa shape index (κ1) is 16.5. The Balaban J connectivity index is 2.05.